The molecule has 2 saturated heterocycles. The standard InChI is InChI=1S/C21H24FN3O3S/c22-19-3-1-2-4-20(19)24-9-11-25(12-10-24)21(26)17-5-7-18(8-6-17)23-13-15-29(27,28)16-14-23/h1-8H,9-16H2. The van der Waals surface area contributed by atoms with Gasteiger partial charge in [-0.2, -0.15) is 0 Å². The minimum absolute atomic E-state index is 0.0362. The number of nitrogens with zero attached hydrogens (tertiary/aromatic N) is 3. The summed E-state index contributed by atoms with van der Waals surface area (Å²) in [4.78, 5) is 18.6. The molecule has 2 aliphatic rings. The topological polar surface area (TPSA) is 60.9 Å². The summed E-state index contributed by atoms with van der Waals surface area (Å²) in [6.45, 7) is 3.22. The molecule has 0 radical (unpaired) electrons. The van der Waals surface area contributed by atoms with Crippen molar-refractivity contribution in [1.29, 1.82) is 0 Å². The Hall–Kier alpha value is -2.61. The summed E-state index contributed by atoms with van der Waals surface area (Å²) in [6.07, 6.45) is 0. The van der Waals surface area contributed by atoms with E-state index in [0.29, 0.717) is 50.5 Å². The van der Waals surface area contributed by atoms with Crippen LogP contribution >= 0.6 is 0 Å². The van der Waals surface area contributed by atoms with Crippen LogP contribution in [0.1, 0.15) is 10.4 Å². The largest absolute Gasteiger partial charge is 0.369 e. The number of benzene rings is 2. The number of anilines is 2. The second-order valence-corrected chi connectivity index (χ2v) is 9.72. The summed E-state index contributed by atoms with van der Waals surface area (Å²) in [6, 6.07) is 14.0. The SMILES string of the molecule is O=C(c1ccc(N2CCS(=O)(=O)CC2)cc1)N1CCN(c2ccccc2F)CC1. The fourth-order valence-corrected chi connectivity index (χ4v) is 5.03. The molecule has 0 aliphatic carbocycles. The quantitative estimate of drug-likeness (QED) is 0.765. The second-order valence-electron chi connectivity index (χ2n) is 7.42. The van der Waals surface area contributed by atoms with E-state index in [-0.39, 0.29) is 23.2 Å². The average Bonchev–Trinajstić information content (AvgIpc) is 2.74. The highest BCUT2D eigenvalue weighted by Gasteiger charge is 2.25. The van der Waals surface area contributed by atoms with Crippen molar-refractivity contribution in [2.24, 2.45) is 0 Å². The Balaban J connectivity index is 1.36. The van der Waals surface area contributed by atoms with Crippen LogP contribution in [0.2, 0.25) is 0 Å². The number of sulfone groups is 1. The fraction of sp³-hybridized carbons (Fsp3) is 0.381. The lowest BCUT2D eigenvalue weighted by Gasteiger charge is -2.36. The first-order chi connectivity index (χ1) is 13.9. The van der Waals surface area contributed by atoms with E-state index in [2.05, 4.69) is 0 Å². The zero-order valence-electron chi connectivity index (χ0n) is 16.1. The first-order valence-corrected chi connectivity index (χ1v) is 11.6. The molecule has 2 aromatic rings. The lowest BCUT2D eigenvalue weighted by atomic mass is 10.1. The van der Waals surface area contributed by atoms with Gasteiger partial charge < -0.3 is 14.7 Å². The van der Waals surface area contributed by atoms with Gasteiger partial charge in [-0.25, -0.2) is 12.8 Å². The Bertz CT molecular complexity index is 972. The highest BCUT2D eigenvalue weighted by molar-refractivity contribution is 7.91. The molecule has 4 rings (SSSR count). The van der Waals surface area contributed by atoms with Gasteiger partial charge in [-0.1, -0.05) is 12.1 Å². The zero-order chi connectivity index (χ0) is 20.4. The zero-order valence-corrected chi connectivity index (χ0v) is 16.9. The van der Waals surface area contributed by atoms with Crippen LogP contribution in [0.25, 0.3) is 0 Å². The third-order valence-corrected chi connectivity index (χ3v) is 7.19. The molecular weight excluding hydrogens is 393 g/mol. The van der Waals surface area contributed by atoms with Gasteiger partial charge in [-0.15, -0.1) is 0 Å². The molecule has 0 saturated carbocycles. The number of hydrogen-bond acceptors (Lipinski definition) is 5. The van der Waals surface area contributed by atoms with Crippen molar-refractivity contribution in [2.75, 3.05) is 60.6 Å². The van der Waals surface area contributed by atoms with Gasteiger partial charge >= 0.3 is 0 Å². The number of carbonyl (C=O) groups is 1. The smallest absolute Gasteiger partial charge is 0.253 e. The van der Waals surface area contributed by atoms with Gasteiger partial charge in [0, 0.05) is 50.5 Å². The maximum atomic E-state index is 14.0. The Morgan fingerprint density at radius 2 is 1.41 bits per heavy atom. The molecule has 0 aromatic heterocycles. The number of para-hydroxylation sites is 1. The number of halogens is 1. The number of rotatable bonds is 3. The normalized spacial score (nSPS) is 19.3. The Morgan fingerprint density at radius 1 is 0.793 bits per heavy atom. The van der Waals surface area contributed by atoms with Crippen molar-refractivity contribution < 1.29 is 17.6 Å². The van der Waals surface area contributed by atoms with Gasteiger partial charge in [0.15, 0.2) is 9.84 Å². The third-order valence-electron chi connectivity index (χ3n) is 5.58. The summed E-state index contributed by atoms with van der Waals surface area (Å²) < 4.78 is 37.1. The maximum Gasteiger partial charge on any atom is 0.253 e. The van der Waals surface area contributed by atoms with E-state index < -0.39 is 9.84 Å². The van der Waals surface area contributed by atoms with E-state index in [1.165, 1.54) is 6.07 Å². The molecule has 154 valence electrons. The lowest BCUT2D eigenvalue weighted by molar-refractivity contribution is 0.0746. The summed E-state index contributed by atoms with van der Waals surface area (Å²) in [5.74, 6) is 0.0549. The number of piperazine rings is 1. The van der Waals surface area contributed by atoms with Crippen molar-refractivity contribution in [3.8, 4) is 0 Å². The minimum atomic E-state index is -2.92. The molecule has 2 fully saturated rings. The van der Waals surface area contributed by atoms with Gasteiger partial charge in [-0.05, 0) is 36.4 Å². The van der Waals surface area contributed by atoms with Gasteiger partial charge in [0.25, 0.3) is 5.91 Å². The molecule has 0 atom stereocenters. The third kappa shape index (κ3) is 4.37. The maximum absolute atomic E-state index is 14.0. The second kappa shape index (κ2) is 8.02. The molecule has 6 nitrogen and oxygen atoms in total. The summed E-state index contributed by atoms with van der Waals surface area (Å²) in [5.41, 5.74) is 2.12. The molecule has 2 aliphatic heterocycles. The highest BCUT2D eigenvalue weighted by atomic mass is 32.2. The van der Waals surface area contributed by atoms with Crippen LogP contribution < -0.4 is 9.80 Å². The molecule has 8 heteroatoms. The Morgan fingerprint density at radius 3 is 2.03 bits per heavy atom. The number of hydrogen-bond donors (Lipinski definition) is 0. The van der Waals surface area contributed by atoms with E-state index >= 15 is 0 Å². The predicted molar refractivity (Wildman–Crippen MR) is 112 cm³/mol. The molecule has 1 amide bonds. The van der Waals surface area contributed by atoms with E-state index in [9.17, 15) is 17.6 Å². The molecule has 0 N–H and O–H groups in total. The predicted octanol–water partition coefficient (Wildman–Crippen LogP) is 2.02. The van der Waals surface area contributed by atoms with E-state index in [1.54, 1.807) is 29.2 Å². The van der Waals surface area contributed by atoms with Crippen molar-refractivity contribution in [2.45, 2.75) is 0 Å². The molecule has 0 bridgehead atoms. The lowest BCUT2D eigenvalue weighted by Crippen LogP contribution is -2.49. The van der Waals surface area contributed by atoms with Gasteiger partial charge in [0.05, 0.1) is 17.2 Å². The fourth-order valence-electron chi connectivity index (χ4n) is 3.83. The summed E-state index contributed by atoms with van der Waals surface area (Å²) in [5, 5.41) is 0. The monoisotopic (exact) mass is 417 g/mol. The molecule has 29 heavy (non-hydrogen) atoms. The van der Waals surface area contributed by atoms with E-state index in [1.807, 2.05) is 28.0 Å². The minimum Gasteiger partial charge on any atom is -0.369 e. The van der Waals surface area contributed by atoms with Crippen molar-refractivity contribution in [1.82, 2.24) is 4.90 Å². The van der Waals surface area contributed by atoms with Crippen LogP contribution in [-0.4, -0.2) is 70.0 Å². The first kappa shape index (κ1) is 19.7. The Kier molecular flexibility index (Phi) is 5.45. The van der Waals surface area contributed by atoms with Crippen LogP contribution in [0.3, 0.4) is 0 Å². The molecule has 2 heterocycles. The van der Waals surface area contributed by atoms with Crippen LogP contribution in [0.5, 0.6) is 0 Å². The number of carbonyl (C=O) groups excluding carboxylic acids is 1. The molecule has 0 unspecified atom stereocenters. The molecular formula is C21H24FN3O3S. The van der Waals surface area contributed by atoms with Gasteiger partial charge in [0.2, 0.25) is 0 Å². The number of amides is 1. The highest BCUT2D eigenvalue weighted by Crippen LogP contribution is 2.22. The van der Waals surface area contributed by atoms with Crippen molar-refractivity contribution in [3.63, 3.8) is 0 Å². The molecule has 2 aromatic carbocycles. The van der Waals surface area contributed by atoms with Crippen LogP contribution in [0.4, 0.5) is 15.8 Å². The van der Waals surface area contributed by atoms with Crippen molar-refractivity contribution >= 4 is 27.1 Å². The van der Waals surface area contributed by atoms with Crippen LogP contribution in [0.15, 0.2) is 48.5 Å². The average molecular weight is 418 g/mol. The van der Waals surface area contributed by atoms with Gasteiger partial charge in [-0.3, -0.25) is 4.79 Å². The van der Waals surface area contributed by atoms with E-state index in [0.717, 1.165) is 5.69 Å². The van der Waals surface area contributed by atoms with Crippen molar-refractivity contribution in [3.05, 3.63) is 59.9 Å². The first-order valence-electron chi connectivity index (χ1n) is 9.77. The van der Waals surface area contributed by atoms with Crippen LogP contribution in [0, 0.1) is 5.82 Å². The van der Waals surface area contributed by atoms with Crippen LogP contribution in [-0.2, 0) is 9.84 Å². The Labute approximate surface area is 170 Å². The summed E-state index contributed by atoms with van der Waals surface area (Å²) >= 11 is 0. The van der Waals surface area contributed by atoms with E-state index in [4.69, 9.17) is 0 Å². The molecule has 0 spiro atoms. The summed E-state index contributed by atoms with van der Waals surface area (Å²) in [7, 11) is -2.92. The van der Waals surface area contributed by atoms with Gasteiger partial charge in [0.1, 0.15) is 5.82 Å².